The van der Waals surface area contributed by atoms with Crippen molar-refractivity contribution in [3.63, 3.8) is 0 Å². The maximum Gasteiger partial charge on any atom is 0.266 e. The van der Waals surface area contributed by atoms with Crippen molar-refractivity contribution in [2.24, 2.45) is 0 Å². The number of benzene rings is 2. The predicted octanol–water partition coefficient (Wildman–Crippen LogP) is 5.25. The van der Waals surface area contributed by atoms with Gasteiger partial charge < -0.3 is 15.2 Å². The number of nitriles is 1. The molecule has 5 nitrogen and oxygen atoms in total. The van der Waals surface area contributed by atoms with Crippen LogP contribution in [0.25, 0.3) is 6.08 Å². The number of phenolic OH excluding ortho intramolecular Hbond substituents is 1. The number of rotatable bonds is 5. The van der Waals surface area contributed by atoms with E-state index in [9.17, 15) is 15.2 Å². The van der Waals surface area contributed by atoms with E-state index < -0.39 is 5.91 Å². The van der Waals surface area contributed by atoms with E-state index in [0.29, 0.717) is 31.5 Å². The van der Waals surface area contributed by atoms with E-state index in [1.165, 1.54) is 12.1 Å². The largest absolute Gasteiger partial charge is 0.504 e. The van der Waals surface area contributed by atoms with E-state index in [4.69, 9.17) is 27.9 Å². The lowest BCUT2D eigenvalue weighted by molar-refractivity contribution is -0.112. The summed E-state index contributed by atoms with van der Waals surface area (Å²) in [5.74, 6) is -0.289. The van der Waals surface area contributed by atoms with Gasteiger partial charge in [-0.1, -0.05) is 23.2 Å². The molecule has 0 atom stereocenters. The number of nitrogens with zero attached hydrogens (tertiary/aromatic N) is 1. The number of carbonyl (C=O) groups is 1. The Bertz CT molecular complexity index is 923. The van der Waals surface area contributed by atoms with Crippen LogP contribution in [0.2, 0.25) is 10.0 Å². The van der Waals surface area contributed by atoms with Crippen molar-refractivity contribution in [1.82, 2.24) is 0 Å². The number of ether oxygens (including phenoxy) is 1. The van der Waals surface area contributed by atoms with E-state index in [2.05, 4.69) is 5.32 Å². The molecule has 8 heteroatoms. The third-order valence-corrected chi connectivity index (χ3v) is 4.77. The second-order valence-corrected chi connectivity index (χ2v) is 7.01. The van der Waals surface area contributed by atoms with Gasteiger partial charge in [0, 0.05) is 5.69 Å². The van der Waals surface area contributed by atoms with Crippen molar-refractivity contribution >= 4 is 63.5 Å². The van der Waals surface area contributed by atoms with E-state index in [0.717, 1.165) is 0 Å². The first-order chi connectivity index (χ1) is 12.3. The molecule has 0 spiro atoms. The first kappa shape index (κ1) is 20.4. The molecule has 0 heterocycles. The summed E-state index contributed by atoms with van der Waals surface area (Å²) in [6.45, 7) is 2.17. The van der Waals surface area contributed by atoms with Crippen LogP contribution in [0.3, 0.4) is 0 Å². The average Bonchev–Trinajstić information content (AvgIpc) is 2.60. The number of aromatic hydroxyl groups is 1. The summed E-state index contributed by atoms with van der Waals surface area (Å²) in [6, 6.07) is 9.69. The second-order valence-electron chi connectivity index (χ2n) is 5.04. The van der Waals surface area contributed by atoms with Crippen molar-refractivity contribution in [1.29, 1.82) is 5.26 Å². The minimum absolute atomic E-state index is 0.0170. The highest BCUT2D eigenvalue weighted by Gasteiger charge is 2.13. The molecule has 0 aliphatic carbocycles. The highest BCUT2D eigenvalue weighted by atomic mass is 127. The molecule has 0 aliphatic heterocycles. The van der Waals surface area contributed by atoms with E-state index in [-0.39, 0.29) is 17.1 Å². The average molecular weight is 503 g/mol. The van der Waals surface area contributed by atoms with Crippen LogP contribution >= 0.6 is 45.8 Å². The smallest absolute Gasteiger partial charge is 0.266 e. The molecular formula is C18H13Cl2IN2O3. The SMILES string of the molecule is CCOc1cc(/C=C(/C#N)C(=O)Nc2ccc(Cl)c(Cl)c2)cc(I)c1O. The lowest BCUT2D eigenvalue weighted by atomic mass is 10.1. The monoisotopic (exact) mass is 502 g/mol. The molecule has 0 bridgehead atoms. The summed E-state index contributed by atoms with van der Waals surface area (Å²) in [7, 11) is 0. The molecule has 2 rings (SSSR count). The fourth-order valence-corrected chi connectivity index (χ4v) is 2.95. The highest BCUT2D eigenvalue weighted by molar-refractivity contribution is 14.1. The standard InChI is InChI=1S/C18H13Cl2IN2O3/c1-2-26-16-7-10(6-15(21)17(16)24)5-11(9-22)18(25)23-12-3-4-13(19)14(20)8-12/h3-8,24H,2H2,1H3,(H,23,25)/b11-5-. The van der Waals surface area contributed by atoms with Gasteiger partial charge in [0.1, 0.15) is 11.6 Å². The molecule has 0 saturated heterocycles. The zero-order chi connectivity index (χ0) is 19.3. The number of halogens is 3. The quantitative estimate of drug-likeness (QED) is 0.332. The molecule has 0 fully saturated rings. The molecule has 2 N–H and O–H groups in total. The van der Waals surface area contributed by atoms with Crippen molar-refractivity contribution in [2.75, 3.05) is 11.9 Å². The number of anilines is 1. The molecule has 134 valence electrons. The first-order valence-electron chi connectivity index (χ1n) is 7.39. The summed E-state index contributed by atoms with van der Waals surface area (Å²) in [5, 5.41) is 22.5. The van der Waals surface area contributed by atoms with Crippen molar-refractivity contribution in [3.05, 3.63) is 55.1 Å². The third kappa shape index (κ3) is 5.04. The van der Waals surface area contributed by atoms with Gasteiger partial charge in [-0.2, -0.15) is 5.26 Å². The van der Waals surface area contributed by atoms with Gasteiger partial charge in [-0.25, -0.2) is 0 Å². The second kappa shape index (κ2) is 9.12. The Labute approximate surface area is 174 Å². The van der Waals surface area contributed by atoms with E-state index in [1.807, 2.05) is 28.7 Å². The van der Waals surface area contributed by atoms with Crippen LogP contribution in [0.1, 0.15) is 12.5 Å². The van der Waals surface area contributed by atoms with Gasteiger partial charge in [-0.15, -0.1) is 0 Å². The fraction of sp³-hybridized carbons (Fsp3) is 0.111. The molecule has 0 saturated carbocycles. The van der Waals surface area contributed by atoms with Crippen LogP contribution in [0.5, 0.6) is 11.5 Å². The Hall–Kier alpha value is -1.95. The Morgan fingerprint density at radius 3 is 2.69 bits per heavy atom. The van der Waals surface area contributed by atoms with Crippen LogP contribution in [0.15, 0.2) is 35.9 Å². The number of hydrogen-bond acceptors (Lipinski definition) is 4. The highest BCUT2D eigenvalue weighted by Crippen LogP contribution is 2.33. The molecule has 1 amide bonds. The minimum Gasteiger partial charge on any atom is -0.504 e. The Morgan fingerprint density at radius 2 is 2.08 bits per heavy atom. The summed E-state index contributed by atoms with van der Waals surface area (Å²) in [4.78, 5) is 12.3. The van der Waals surface area contributed by atoms with Gasteiger partial charge in [0.25, 0.3) is 5.91 Å². The number of phenols is 1. The van der Waals surface area contributed by atoms with Gasteiger partial charge >= 0.3 is 0 Å². The van der Waals surface area contributed by atoms with E-state index in [1.54, 1.807) is 31.2 Å². The fourth-order valence-electron chi connectivity index (χ4n) is 2.03. The van der Waals surface area contributed by atoms with Crippen molar-refractivity contribution in [3.8, 4) is 17.6 Å². The number of hydrogen-bond donors (Lipinski definition) is 2. The minimum atomic E-state index is -0.591. The number of carbonyl (C=O) groups excluding carboxylic acids is 1. The van der Waals surface area contributed by atoms with Crippen LogP contribution in [-0.4, -0.2) is 17.6 Å². The molecule has 0 radical (unpaired) electrons. The molecular weight excluding hydrogens is 490 g/mol. The zero-order valence-corrected chi connectivity index (χ0v) is 17.2. The zero-order valence-electron chi connectivity index (χ0n) is 13.5. The van der Waals surface area contributed by atoms with Crippen LogP contribution in [0, 0.1) is 14.9 Å². The molecule has 26 heavy (non-hydrogen) atoms. The van der Waals surface area contributed by atoms with Gasteiger partial charge in [-0.05, 0) is 71.5 Å². The Morgan fingerprint density at radius 1 is 1.35 bits per heavy atom. The predicted molar refractivity (Wildman–Crippen MR) is 111 cm³/mol. The molecule has 0 aliphatic rings. The summed E-state index contributed by atoms with van der Waals surface area (Å²) < 4.78 is 5.90. The van der Waals surface area contributed by atoms with Gasteiger partial charge in [-0.3, -0.25) is 4.79 Å². The molecule has 0 aromatic heterocycles. The van der Waals surface area contributed by atoms with Crippen molar-refractivity contribution in [2.45, 2.75) is 6.92 Å². The summed E-state index contributed by atoms with van der Waals surface area (Å²) in [6.07, 6.45) is 1.41. The first-order valence-corrected chi connectivity index (χ1v) is 9.22. The summed E-state index contributed by atoms with van der Waals surface area (Å²) >= 11 is 13.7. The number of nitrogens with one attached hydrogen (secondary N) is 1. The van der Waals surface area contributed by atoms with Crippen molar-refractivity contribution < 1.29 is 14.6 Å². The van der Waals surface area contributed by atoms with Gasteiger partial charge in [0.15, 0.2) is 11.5 Å². The van der Waals surface area contributed by atoms with Crippen LogP contribution in [-0.2, 0) is 4.79 Å². The lowest BCUT2D eigenvalue weighted by Gasteiger charge is -2.09. The lowest BCUT2D eigenvalue weighted by Crippen LogP contribution is -2.13. The molecule has 0 unspecified atom stereocenters. The Kier molecular flexibility index (Phi) is 7.14. The molecule has 2 aromatic rings. The summed E-state index contributed by atoms with van der Waals surface area (Å²) in [5.41, 5.74) is 0.859. The maximum atomic E-state index is 12.3. The normalized spacial score (nSPS) is 11.0. The van der Waals surface area contributed by atoms with E-state index >= 15 is 0 Å². The maximum absolute atomic E-state index is 12.3. The third-order valence-electron chi connectivity index (χ3n) is 3.20. The Balaban J connectivity index is 2.30. The van der Waals surface area contributed by atoms with Crippen LogP contribution < -0.4 is 10.1 Å². The van der Waals surface area contributed by atoms with Gasteiger partial charge in [0.05, 0.1) is 20.2 Å². The van der Waals surface area contributed by atoms with Crippen LogP contribution in [0.4, 0.5) is 5.69 Å². The topological polar surface area (TPSA) is 82.3 Å². The molecule has 2 aromatic carbocycles. The van der Waals surface area contributed by atoms with Gasteiger partial charge in [0.2, 0.25) is 0 Å². The number of amides is 1.